The molecule has 2 rings (SSSR count). The fourth-order valence-corrected chi connectivity index (χ4v) is 2.41. The molecule has 0 aliphatic carbocycles. The van der Waals surface area contributed by atoms with Gasteiger partial charge in [0.25, 0.3) is 5.91 Å². The summed E-state index contributed by atoms with van der Waals surface area (Å²) in [5, 5.41) is 3.53. The van der Waals surface area contributed by atoms with Crippen LogP contribution in [0.2, 0.25) is 0 Å². The third-order valence-corrected chi connectivity index (χ3v) is 4.31. The van der Waals surface area contributed by atoms with Crippen molar-refractivity contribution in [2.24, 2.45) is 5.73 Å². The maximum Gasteiger partial charge on any atom is 0.349 e. The molecule has 1 aromatic heterocycles. The average molecular weight is 339 g/mol. The van der Waals surface area contributed by atoms with Crippen molar-refractivity contribution in [1.82, 2.24) is 5.32 Å². The van der Waals surface area contributed by atoms with E-state index in [2.05, 4.69) is 5.32 Å². The van der Waals surface area contributed by atoms with Crippen molar-refractivity contribution in [2.45, 2.75) is 39.2 Å². The summed E-state index contributed by atoms with van der Waals surface area (Å²) >= 11 is 0. The maximum atomic E-state index is 12.4. The second-order valence-corrected chi connectivity index (χ2v) is 5.64. The lowest BCUT2D eigenvalue weighted by Gasteiger charge is -2.26. The van der Waals surface area contributed by atoms with Gasteiger partial charge in [-0.25, -0.2) is 4.79 Å². The third-order valence-electron chi connectivity index (χ3n) is 4.31. The van der Waals surface area contributed by atoms with Crippen LogP contribution in [-0.4, -0.2) is 18.0 Å². The van der Waals surface area contributed by atoms with E-state index in [0.29, 0.717) is 17.7 Å². The molecule has 0 bridgehead atoms. The molecule has 0 saturated heterocycles. The van der Waals surface area contributed by atoms with Gasteiger partial charge in [-0.2, -0.15) is 0 Å². The van der Waals surface area contributed by atoms with Gasteiger partial charge in [0.15, 0.2) is 0 Å². The van der Waals surface area contributed by atoms with Gasteiger partial charge in [-0.3, -0.25) is 4.79 Å². The molecule has 0 aliphatic rings. The Morgan fingerprint density at radius 3 is 2.48 bits per heavy atom. The Morgan fingerprint density at radius 2 is 1.87 bits per heavy atom. The summed E-state index contributed by atoms with van der Waals surface area (Å²) in [6, 6.07) is 7.17. The Hall–Kier alpha value is -1.85. The number of benzene rings is 1. The van der Waals surface area contributed by atoms with Gasteiger partial charge in [-0.15, -0.1) is 12.4 Å². The van der Waals surface area contributed by atoms with E-state index >= 15 is 0 Å². The molecule has 0 spiro atoms. The fourth-order valence-electron chi connectivity index (χ4n) is 2.41. The molecule has 1 amide bonds. The molecule has 0 fully saturated rings. The number of nitrogens with one attached hydrogen (secondary N) is 1. The number of carbonyl (C=O) groups excluding carboxylic acids is 1. The zero-order valence-corrected chi connectivity index (χ0v) is 14.5. The third kappa shape index (κ3) is 3.92. The van der Waals surface area contributed by atoms with Crippen molar-refractivity contribution in [1.29, 1.82) is 0 Å². The highest BCUT2D eigenvalue weighted by Gasteiger charge is 2.24. The van der Waals surface area contributed by atoms with Crippen molar-refractivity contribution in [3.8, 4) is 0 Å². The molecule has 6 heteroatoms. The number of hydrogen-bond acceptors (Lipinski definition) is 4. The predicted octanol–water partition coefficient (Wildman–Crippen LogP) is 2.77. The number of rotatable bonds is 5. The minimum atomic E-state index is -0.621. The van der Waals surface area contributed by atoms with E-state index in [1.54, 1.807) is 19.1 Å². The highest BCUT2D eigenvalue weighted by Crippen LogP contribution is 2.19. The number of aryl methyl sites for hydroxylation is 1. The summed E-state index contributed by atoms with van der Waals surface area (Å²) in [7, 11) is 0. The van der Waals surface area contributed by atoms with E-state index in [9.17, 15) is 9.59 Å². The van der Waals surface area contributed by atoms with E-state index < -0.39 is 17.1 Å². The number of para-hydroxylation sites is 1. The number of amides is 1. The molecule has 5 nitrogen and oxygen atoms in total. The summed E-state index contributed by atoms with van der Waals surface area (Å²) in [6.45, 7) is 6.03. The van der Waals surface area contributed by atoms with Crippen LogP contribution in [0, 0.1) is 6.92 Å². The standard InChI is InChI=1S/C17H22N2O3.ClH/c1-4-17(18,5-2)10-19-15(20)14-11(3)12-8-6-7-9-13(12)22-16(14)21;/h6-9H,4-5,10,18H2,1-3H3,(H,19,20);1H. The predicted molar refractivity (Wildman–Crippen MR) is 94.3 cm³/mol. The van der Waals surface area contributed by atoms with Crippen LogP contribution in [0.1, 0.15) is 42.6 Å². The van der Waals surface area contributed by atoms with E-state index in [-0.39, 0.29) is 18.0 Å². The van der Waals surface area contributed by atoms with Crippen LogP contribution in [0.5, 0.6) is 0 Å². The Kier molecular flexibility index (Phi) is 6.36. The van der Waals surface area contributed by atoms with Crippen LogP contribution in [0.15, 0.2) is 33.5 Å². The monoisotopic (exact) mass is 338 g/mol. The summed E-state index contributed by atoms with van der Waals surface area (Å²) < 4.78 is 5.23. The highest BCUT2D eigenvalue weighted by molar-refractivity contribution is 5.99. The Labute approximate surface area is 141 Å². The molecule has 126 valence electrons. The Morgan fingerprint density at radius 1 is 1.26 bits per heavy atom. The summed E-state index contributed by atoms with van der Waals surface area (Å²) in [5.41, 5.74) is 6.25. The quantitative estimate of drug-likeness (QED) is 0.821. The number of carbonyl (C=O) groups is 1. The fraction of sp³-hybridized carbons (Fsp3) is 0.412. The van der Waals surface area contributed by atoms with Crippen LogP contribution in [-0.2, 0) is 0 Å². The van der Waals surface area contributed by atoms with Gasteiger partial charge in [-0.1, -0.05) is 32.0 Å². The normalized spacial score (nSPS) is 11.1. The van der Waals surface area contributed by atoms with Crippen LogP contribution in [0.3, 0.4) is 0 Å². The van der Waals surface area contributed by atoms with Gasteiger partial charge in [0.2, 0.25) is 0 Å². The van der Waals surface area contributed by atoms with Gasteiger partial charge >= 0.3 is 5.63 Å². The molecule has 0 atom stereocenters. The minimum absolute atomic E-state index is 0. The number of halogens is 1. The van der Waals surface area contributed by atoms with Gasteiger partial charge in [-0.05, 0) is 31.4 Å². The smallest absolute Gasteiger partial charge is 0.349 e. The molecular formula is C17H23ClN2O3. The van der Waals surface area contributed by atoms with Crippen molar-refractivity contribution in [2.75, 3.05) is 6.54 Å². The van der Waals surface area contributed by atoms with Crippen molar-refractivity contribution in [3.05, 3.63) is 45.8 Å². The van der Waals surface area contributed by atoms with Crippen LogP contribution >= 0.6 is 12.4 Å². The van der Waals surface area contributed by atoms with Crippen LogP contribution in [0.25, 0.3) is 11.0 Å². The summed E-state index contributed by atoms with van der Waals surface area (Å²) in [4.78, 5) is 24.5. The minimum Gasteiger partial charge on any atom is -0.422 e. The number of fused-ring (bicyclic) bond motifs is 1. The van der Waals surface area contributed by atoms with E-state index in [0.717, 1.165) is 18.2 Å². The maximum absolute atomic E-state index is 12.4. The van der Waals surface area contributed by atoms with Gasteiger partial charge < -0.3 is 15.5 Å². The molecule has 0 saturated carbocycles. The molecule has 23 heavy (non-hydrogen) atoms. The molecule has 3 N–H and O–H groups in total. The molecule has 1 aromatic carbocycles. The topological polar surface area (TPSA) is 85.3 Å². The first kappa shape index (κ1) is 19.2. The number of hydrogen-bond donors (Lipinski definition) is 2. The zero-order valence-electron chi connectivity index (χ0n) is 13.6. The first-order valence-electron chi connectivity index (χ1n) is 7.51. The molecule has 0 aliphatic heterocycles. The molecule has 0 radical (unpaired) electrons. The lowest BCUT2D eigenvalue weighted by Crippen LogP contribution is -2.49. The van der Waals surface area contributed by atoms with Gasteiger partial charge in [0.05, 0.1) is 0 Å². The molecular weight excluding hydrogens is 316 g/mol. The second kappa shape index (κ2) is 7.62. The first-order valence-corrected chi connectivity index (χ1v) is 7.51. The van der Waals surface area contributed by atoms with Crippen molar-refractivity contribution in [3.63, 3.8) is 0 Å². The average Bonchev–Trinajstić information content (AvgIpc) is 2.52. The lowest BCUT2D eigenvalue weighted by atomic mass is 9.94. The molecule has 1 heterocycles. The van der Waals surface area contributed by atoms with Crippen LogP contribution in [0.4, 0.5) is 0 Å². The van der Waals surface area contributed by atoms with Gasteiger partial charge in [0, 0.05) is 17.5 Å². The van der Waals surface area contributed by atoms with Crippen molar-refractivity contribution >= 4 is 29.3 Å². The van der Waals surface area contributed by atoms with E-state index in [1.807, 2.05) is 26.0 Å². The van der Waals surface area contributed by atoms with E-state index in [4.69, 9.17) is 10.2 Å². The highest BCUT2D eigenvalue weighted by atomic mass is 35.5. The second-order valence-electron chi connectivity index (χ2n) is 5.64. The van der Waals surface area contributed by atoms with Gasteiger partial charge in [0.1, 0.15) is 11.1 Å². The Bertz CT molecular complexity index is 751. The largest absolute Gasteiger partial charge is 0.422 e. The van der Waals surface area contributed by atoms with Crippen LogP contribution < -0.4 is 16.7 Å². The zero-order chi connectivity index (χ0) is 16.3. The Balaban J connectivity index is 0.00000264. The molecule has 0 unspecified atom stereocenters. The molecule has 2 aromatic rings. The SMILES string of the molecule is CCC(N)(CC)CNC(=O)c1c(C)c2ccccc2oc1=O.Cl. The number of nitrogens with two attached hydrogens (primary N) is 1. The van der Waals surface area contributed by atoms with Crippen molar-refractivity contribution < 1.29 is 9.21 Å². The summed E-state index contributed by atoms with van der Waals surface area (Å²) in [5.74, 6) is -0.436. The van der Waals surface area contributed by atoms with E-state index in [1.165, 1.54) is 0 Å². The summed E-state index contributed by atoms with van der Waals surface area (Å²) in [6.07, 6.45) is 1.49. The lowest BCUT2D eigenvalue weighted by molar-refractivity contribution is 0.0938. The first-order chi connectivity index (χ1) is 10.4.